The summed E-state index contributed by atoms with van der Waals surface area (Å²) >= 11 is 0. The Balaban J connectivity index is 2.02. The van der Waals surface area contributed by atoms with Crippen molar-refractivity contribution in [2.24, 2.45) is 0 Å². The lowest BCUT2D eigenvalue weighted by atomic mass is 10.3. The molecule has 0 unspecified atom stereocenters. The van der Waals surface area contributed by atoms with Crippen molar-refractivity contribution < 1.29 is 4.74 Å². The molecule has 0 atom stereocenters. The number of ether oxygens (including phenoxy) is 1. The van der Waals surface area contributed by atoms with Gasteiger partial charge in [0.1, 0.15) is 11.4 Å². The Hall–Kier alpha value is -0.830. The number of imidazole rings is 1. The van der Waals surface area contributed by atoms with Gasteiger partial charge >= 0.3 is 0 Å². The number of rotatable bonds is 4. The maximum absolute atomic E-state index is 5.74. The van der Waals surface area contributed by atoms with E-state index in [9.17, 15) is 0 Å². The smallest absolute Gasteiger partial charge is 0.138 e. The molecule has 12 heavy (non-hydrogen) atoms. The molecule has 66 valence electrons. The maximum atomic E-state index is 5.74. The molecule has 1 saturated carbocycles. The average molecular weight is 166 g/mol. The monoisotopic (exact) mass is 166 g/mol. The first kappa shape index (κ1) is 7.80. The summed E-state index contributed by atoms with van der Waals surface area (Å²) in [5.74, 6) is 0.996. The summed E-state index contributed by atoms with van der Waals surface area (Å²) in [4.78, 5) is 7.34. The number of nitrogens with one attached hydrogen (secondary N) is 1. The van der Waals surface area contributed by atoms with Crippen molar-refractivity contribution in [3.63, 3.8) is 0 Å². The summed E-state index contributed by atoms with van der Waals surface area (Å²) in [6, 6.07) is 0. The van der Waals surface area contributed by atoms with E-state index in [1.807, 2.05) is 6.20 Å². The minimum Gasteiger partial charge on any atom is -0.367 e. The molecule has 0 saturated heterocycles. The molecule has 1 heterocycles. The van der Waals surface area contributed by atoms with Crippen LogP contribution in [0.15, 0.2) is 12.4 Å². The van der Waals surface area contributed by atoms with Crippen LogP contribution in [0.5, 0.6) is 0 Å². The molecule has 2 rings (SSSR count). The van der Waals surface area contributed by atoms with Gasteiger partial charge in [-0.05, 0) is 19.3 Å². The highest BCUT2D eigenvalue weighted by Gasteiger charge is 2.47. The highest BCUT2D eigenvalue weighted by Crippen LogP contribution is 2.47. The molecule has 3 nitrogen and oxygen atoms in total. The SMILES string of the molecule is CCCOC1(c2ncc[nH]2)CC1. The van der Waals surface area contributed by atoms with E-state index in [1.54, 1.807) is 6.20 Å². The lowest BCUT2D eigenvalue weighted by Crippen LogP contribution is -2.14. The third-order valence-corrected chi connectivity index (χ3v) is 2.22. The second-order valence-corrected chi connectivity index (χ2v) is 3.28. The van der Waals surface area contributed by atoms with E-state index < -0.39 is 0 Å². The number of aromatic amines is 1. The fourth-order valence-electron chi connectivity index (χ4n) is 1.37. The van der Waals surface area contributed by atoms with Crippen molar-refractivity contribution >= 4 is 0 Å². The number of H-pyrrole nitrogens is 1. The third-order valence-electron chi connectivity index (χ3n) is 2.22. The molecule has 0 aliphatic heterocycles. The normalized spacial score (nSPS) is 19.4. The molecule has 1 N–H and O–H groups in total. The molecule has 0 radical (unpaired) electrons. The second kappa shape index (κ2) is 2.90. The van der Waals surface area contributed by atoms with Crippen LogP contribution < -0.4 is 0 Å². The average Bonchev–Trinajstić information content (AvgIpc) is 2.66. The summed E-state index contributed by atoms with van der Waals surface area (Å²) in [6.45, 7) is 2.96. The third kappa shape index (κ3) is 1.25. The van der Waals surface area contributed by atoms with Gasteiger partial charge < -0.3 is 9.72 Å². The van der Waals surface area contributed by atoms with Crippen LogP contribution in [0.1, 0.15) is 32.0 Å². The molecule has 1 aromatic heterocycles. The summed E-state index contributed by atoms with van der Waals surface area (Å²) in [5, 5.41) is 0. The first-order valence-electron chi connectivity index (χ1n) is 4.51. The van der Waals surface area contributed by atoms with Crippen molar-refractivity contribution in [2.45, 2.75) is 31.8 Å². The lowest BCUT2D eigenvalue weighted by molar-refractivity contribution is 0.0248. The zero-order chi connectivity index (χ0) is 8.44. The summed E-state index contributed by atoms with van der Waals surface area (Å²) in [7, 11) is 0. The van der Waals surface area contributed by atoms with Crippen LogP contribution in [0, 0.1) is 0 Å². The van der Waals surface area contributed by atoms with Crippen molar-refractivity contribution in [1.82, 2.24) is 9.97 Å². The molecule has 1 aromatic rings. The molecule has 1 aliphatic carbocycles. The van der Waals surface area contributed by atoms with E-state index in [-0.39, 0.29) is 5.60 Å². The Bertz CT molecular complexity index is 239. The number of hydrogen-bond acceptors (Lipinski definition) is 2. The van der Waals surface area contributed by atoms with Gasteiger partial charge in [-0.15, -0.1) is 0 Å². The standard InChI is InChI=1S/C9H14N2O/c1-2-7-12-9(3-4-9)8-10-5-6-11-8/h5-6H,2-4,7H2,1H3,(H,10,11). The van der Waals surface area contributed by atoms with Crippen LogP contribution in [0.3, 0.4) is 0 Å². The summed E-state index contributed by atoms with van der Waals surface area (Å²) in [6.07, 6.45) is 6.93. The summed E-state index contributed by atoms with van der Waals surface area (Å²) in [5.41, 5.74) is -0.0422. The first-order valence-corrected chi connectivity index (χ1v) is 4.51. The van der Waals surface area contributed by atoms with Crippen LogP contribution >= 0.6 is 0 Å². The molecule has 0 aromatic carbocycles. The molecule has 0 amide bonds. The minimum atomic E-state index is -0.0422. The minimum absolute atomic E-state index is 0.0422. The van der Waals surface area contributed by atoms with Gasteiger partial charge in [0.2, 0.25) is 0 Å². The van der Waals surface area contributed by atoms with Gasteiger partial charge in [0.25, 0.3) is 0 Å². The van der Waals surface area contributed by atoms with E-state index in [2.05, 4.69) is 16.9 Å². The molecule has 0 bridgehead atoms. The predicted octanol–water partition coefficient (Wildman–Crippen LogP) is 1.83. The zero-order valence-corrected chi connectivity index (χ0v) is 7.34. The summed E-state index contributed by atoms with van der Waals surface area (Å²) < 4.78 is 5.74. The van der Waals surface area contributed by atoms with E-state index in [1.165, 1.54) is 0 Å². The highest BCUT2D eigenvalue weighted by atomic mass is 16.5. The van der Waals surface area contributed by atoms with Crippen LogP contribution in [-0.2, 0) is 10.3 Å². The van der Waals surface area contributed by atoms with Crippen LogP contribution in [0.4, 0.5) is 0 Å². The maximum Gasteiger partial charge on any atom is 0.138 e. The molecule has 1 fully saturated rings. The van der Waals surface area contributed by atoms with E-state index in [0.717, 1.165) is 31.7 Å². The zero-order valence-electron chi connectivity index (χ0n) is 7.34. The van der Waals surface area contributed by atoms with Gasteiger partial charge in [-0.2, -0.15) is 0 Å². The lowest BCUT2D eigenvalue weighted by Gasteiger charge is -2.12. The molecular weight excluding hydrogens is 152 g/mol. The van der Waals surface area contributed by atoms with E-state index >= 15 is 0 Å². The Morgan fingerprint density at radius 3 is 3.00 bits per heavy atom. The van der Waals surface area contributed by atoms with E-state index in [0.29, 0.717) is 0 Å². The van der Waals surface area contributed by atoms with Crippen molar-refractivity contribution in [2.75, 3.05) is 6.61 Å². The second-order valence-electron chi connectivity index (χ2n) is 3.28. The quantitative estimate of drug-likeness (QED) is 0.741. The largest absolute Gasteiger partial charge is 0.367 e. The number of nitrogens with zero attached hydrogens (tertiary/aromatic N) is 1. The Kier molecular flexibility index (Phi) is 1.89. The molecule has 3 heteroatoms. The van der Waals surface area contributed by atoms with Gasteiger partial charge in [-0.1, -0.05) is 6.92 Å². The number of aromatic nitrogens is 2. The van der Waals surface area contributed by atoms with E-state index in [4.69, 9.17) is 4.74 Å². The Morgan fingerprint density at radius 1 is 1.67 bits per heavy atom. The van der Waals surface area contributed by atoms with Crippen molar-refractivity contribution in [1.29, 1.82) is 0 Å². The van der Waals surface area contributed by atoms with Gasteiger partial charge in [-0.25, -0.2) is 4.98 Å². The molecule has 1 aliphatic rings. The highest BCUT2D eigenvalue weighted by molar-refractivity contribution is 5.11. The Morgan fingerprint density at radius 2 is 2.50 bits per heavy atom. The van der Waals surface area contributed by atoms with Crippen LogP contribution in [0.2, 0.25) is 0 Å². The fraction of sp³-hybridized carbons (Fsp3) is 0.667. The van der Waals surface area contributed by atoms with Crippen molar-refractivity contribution in [3.05, 3.63) is 18.2 Å². The number of hydrogen-bond donors (Lipinski definition) is 1. The topological polar surface area (TPSA) is 37.9 Å². The fourth-order valence-corrected chi connectivity index (χ4v) is 1.37. The van der Waals surface area contributed by atoms with Gasteiger partial charge in [0.15, 0.2) is 0 Å². The van der Waals surface area contributed by atoms with Crippen molar-refractivity contribution in [3.8, 4) is 0 Å². The van der Waals surface area contributed by atoms with Gasteiger partial charge in [0.05, 0.1) is 0 Å². The first-order chi connectivity index (χ1) is 5.87. The van der Waals surface area contributed by atoms with Crippen LogP contribution in [-0.4, -0.2) is 16.6 Å². The predicted molar refractivity (Wildman–Crippen MR) is 45.7 cm³/mol. The van der Waals surface area contributed by atoms with Gasteiger partial charge in [0, 0.05) is 19.0 Å². The molecule has 0 spiro atoms. The van der Waals surface area contributed by atoms with Gasteiger partial charge in [-0.3, -0.25) is 0 Å². The van der Waals surface area contributed by atoms with Crippen LogP contribution in [0.25, 0.3) is 0 Å². The Labute approximate surface area is 72.2 Å². The molecular formula is C9H14N2O.